The van der Waals surface area contributed by atoms with Gasteiger partial charge in [0, 0.05) is 17.0 Å². The topological polar surface area (TPSA) is 68.7 Å². The minimum atomic E-state index is -0.479. The number of benzene rings is 1. The summed E-state index contributed by atoms with van der Waals surface area (Å²) >= 11 is 1.33. The van der Waals surface area contributed by atoms with Gasteiger partial charge in [0.1, 0.15) is 10.8 Å². The Morgan fingerprint density at radius 1 is 1.29 bits per heavy atom. The first-order valence-corrected chi connectivity index (χ1v) is 8.32. The number of aromatic nitrogens is 1. The summed E-state index contributed by atoms with van der Waals surface area (Å²) in [5, 5.41) is 2.32. The van der Waals surface area contributed by atoms with Crippen molar-refractivity contribution < 1.29 is 19.1 Å². The number of esters is 1. The van der Waals surface area contributed by atoms with Gasteiger partial charge in [-0.1, -0.05) is 6.07 Å². The average molecular weight is 348 g/mol. The number of nitrogens with zero attached hydrogens (tertiary/aromatic N) is 2. The largest absolute Gasteiger partial charge is 0.497 e. The van der Waals surface area contributed by atoms with Crippen molar-refractivity contribution in [2.24, 2.45) is 0 Å². The molecule has 0 spiro atoms. The van der Waals surface area contributed by atoms with Gasteiger partial charge in [-0.15, -0.1) is 11.3 Å². The van der Waals surface area contributed by atoms with Gasteiger partial charge in [-0.05, 0) is 32.0 Å². The molecule has 1 aromatic heterocycles. The maximum Gasteiger partial charge on any atom is 0.357 e. The van der Waals surface area contributed by atoms with Gasteiger partial charge in [0.25, 0.3) is 5.91 Å². The van der Waals surface area contributed by atoms with Crippen LogP contribution in [-0.2, 0) is 11.3 Å². The normalized spacial score (nSPS) is 10.5. The highest BCUT2D eigenvalue weighted by Gasteiger charge is 2.21. The number of amides is 1. The molecule has 1 aromatic carbocycles. The lowest BCUT2D eigenvalue weighted by Gasteiger charge is -2.26. The zero-order valence-corrected chi connectivity index (χ0v) is 14.9. The number of ether oxygens (including phenoxy) is 2. The maximum absolute atomic E-state index is 12.8. The van der Waals surface area contributed by atoms with Crippen LogP contribution >= 0.6 is 11.3 Å². The van der Waals surface area contributed by atoms with E-state index in [1.807, 2.05) is 13.8 Å². The minimum absolute atomic E-state index is 0.0193. The SMILES string of the molecule is COC(=O)c1csc(CN(C(=O)c2cccc(OC)c2)C(C)C)n1. The molecule has 24 heavy (non-hydrogen) atoms. The Labute approximate surface area is 145 Å². The number of carbonyl (C=O) groups is 2. The molecular formula is C17H20N2O4S. The van der Waals surface area contributed by atoms with Crippen LogP contribution in [0.2, 0.25) is 0 Å². The Bertz CT molecular complexity index is 727. The third-order valence-corrected chi connectivity index (χ3v) is 4.29. The molecule has 0 saturated heterocycles. The first-order valence-electron chi connectivity index (χ1n) is 7.44. The lowest BCUT2D eigenvalue weighted by molar-refractivity contribution is 0.0594. The molecule has 0 saturated carbocycles. The van der Waals surface area contributed by atoms with Crippen LogP contribution < -0.4 is 4.74 Å². The highest BCUT2D eigenvalue weighted by Crippen LogP contribution is 2.19. The monoisotopic (exact) mass is 348 g/mol. The third-order valence-electron chi connectivity index (χ3n) is 3.45. The van der Waals surface area contributed by atoms with Crippen LogP contribution in [0.3, 0.4) is 0 Å². The first kappa shape index (κ1) is 17.9. The summed E-state index contributed by atoms with van der Waals surface area (Å²) < 4.78 is 9.83. The highest BCUT2D eigenvalue weighted by molar-refractivity contribution is 7.09. The molecule has 0 N–H and O–H groups in total. The minimum Gasteiger partial charge on any atom is -0.497 e. The molecule has 0 radical (unpaired) electrons. The second kappa shape index (κ2) is 7.92. The van der Waals surface area contributed by atoms with Gasteiger partial charge >= 0.3 is 5.97 Å². The first-order chi connectivity index (χ1) is 11.5. The maximum atomic E-state index is 12.8. The molecule has 0 atom stereocenters. The second-order valence-corrected chi connectivity index (χ2v) is 6.32. The van der Waals surface area contributed by atoms with Gasteiger partial charge in [0.05, 0.1) is 20.8 Å². The van der Waals surface area contributed by atoms with Crippen molar-refractivity contribution in [3.63, 3.8) is 0 Å². The molecule has 1 amide bonds. The molecule has 0 aliphatic rings. The van der Waals surface area contributed by atoms with Gasteiger partial charge in [-0.25, -0.2) is 9.78 Å². The van der Waals surface area contributed by atoms with E-state index in [0.717, 1.165) is 0 Å². The van der Waals surface area contributed by atoms with Gasteiger partial charge < -0.3 is 14.4 Å². The summed E-state index contributed by atoms with van der Waals surface area (Å²) in [5.41, 5.74) is 0.808. The van der Waals surface area contributed by atoms with Gasteiger partial charge in [0.2, 0.25) is 0 Å². The molecule has 7 heteroatoms. The Hall–Kier alpha value is -2.41. The van der Waals surface area contributed by atoms with E-state index in [9.17, 15) is 9.59 Å². The zero-order valence-electron chi connectivity index (χ0n) is 14.1. The van der Waals surface area contributed by atoms with Crippen LogP contribution in [0, 0.1) is 0 Å². The number of hydrogen-bond acceptors (Lipinski definition) is 6. The number of hydrogen-bond donors (Lipinski definition) is 0. The molecule has 2 aromatic rings. The summed E-state index contributed by atoms with van der Waals surface area (Å²) in [6.07, 6.45) is 0. The summed E-state index contributed by atoms with van der Waals surface area (Å²) in [6.45, 7) is 4.20. The van der Waals surface area contributed by atoms with Crippen molar-refractivity contribution in [1.82, 2.24) is 9.88 Å². The second-order valence-electron chi connectivity index (χ2n) is 5.38. The third kappa shape index (κ3) is 4.11. The van der Waals surface area contributed by atoms with Crippen molar-refractivity contribution >= 4 is 23.2 Å². The van der Waals surface area contributed by atoms with Gasteiger partial charge in [-0.2, -0.15) is 0 Å². The van der Waals surface area contributed by atoms with E-state index >= 15 is 0 Å². The van der Waals surface area contributed by atoms with E-state index in [1.54, 1.807) is 41.7 Å². The molecule has 128 valence electrons. The quantitative estimate of drug-likeness (QED) is 0.751. The van der Waals surface area contributed by atoms with E-state index in [-0.39, 0.29) is 17.6 Å². The number of carbonyl (C=O) groups excluding carboxylic acids is 2. The number of methoxy groups -OCH3 is 2. The molecule has 2 rings (SSSR count). The van der Waals surface area contributed by atoms with E-state index in [2.05, 4.69) is 9.72 Å². The van der Waals surface area contributed by atoms with Crippen LogP contribution in [0.15, 0.2) is 29.6 Å². The van der Waals surface area contributed by atoms with Crippen molar-refractivity contribution in [2.45, 2.75) is 26.4 Å². The Kier molecular flexibility index (Phi) is 5.92. The van der Waals surface area contributed by atoms with Crippen LogP contribution in [0.5, 0.6) is 5.75 Å². The van der Waals surface area contributed by atoms with E-state index in [4.69, 9.17) is 4.74 Å². The van der Waals surface area contributed by atoms with Crippen LogP contribution in [0.25, 0.3) is 0 Å². The van der Waals surface area contributed by atoms with Gasteiger partial charge in [0.15, 0.2) is 5.69 Å². The summed E-state index contributed by atoms with van der Waals surface area (Å²) in [5.74, 6) is 0.0400. The molecule has 0 fully saturated rings. The lowest BCUT2D eigenvalue weighted by atomic mass is 10.1. The van der Waals surface area contributed by atoms with Crippen LogP contribution in [0.1, 0.15) is 39.7 Å². The summed E-state index contributed by atoms with van der Waals surface area (Å²) in [4.78, 5) is 30.3. The van der Waals surface area contributed by atoms with Crippen molar-refractivity contribution in [2.75, 3.05) is 14.2 Å². The summed E-state index contributed by atoms with van der Waals surface area (Å²) in [6, 6.07) is 7.01. The van der Waals surface area contributed by atoms with Gasteiger partial charge in [-0.3, -0.25) is 4.79 Å². The zero-order chi connectivity index (χ0) is 17.7. The smallest absolute Gasteiger partial charge is 0.357 e. The number of rotatable bonds is 6. The molecule has 0 bridgehead atoms. The predicted molar refractivity (Wildman–Crippen MR) is 91.5 cm³/mol. The molecular weight excluding hydrogens is 328 g/mol. The Morgan fingerprint density at radius 2 is 2.04 bits per heavy atom. The van der Waals surface area contributed by atoms with E-state index < -0.39 is 5.97 Å². The van der Waals surface area contributed by atoms with E-state index in [1.165, 1.54) is 18.4 Å². The molecule has 0 aliphatic carbocycles. The fourth-order valence-electron chi connectivity index (χ4n) is 2.14. The number of thiazole rings is 1. The van der Waals surface area contributed by atoms with Crippen molar-refractivity contribution in [3.8, 4) is 5.75 Å². The summed E-state index contributed by atoms with van der Waals surface area (Å²) in [7, 11) is 2.88. The van der Waals surface area contributed by atoms with Crippen molar-refractivity contribution in [1.29, 1.82) is 0 Å². The standard InChI is InChI=1S/C17H20N2O4S/c1-11(2)19(9-15-18-14(10-24-15)17(21)23-4)16(20)12-6-5-7-13(8-12)22-3/h5-8,10-11H,9H2,1-4H3. The molecule has 6 nitrogen and oxygen atoms in total. The predicted octanol–water partition coefficient (Wildman–Crippen LogP) is 2.99. The van der Waals surface area contributed by atoms with E-state index in [0.29, 0.717) is 22.9 Å². The molecule has 0 unspecified atom stereocenters. The van der Waals surface area contributed by atoms with Crippen molar-refractivity contribution in [3.05, 3.63) is 45.9 Å². The van der Waals surface area contributed by atoms with Crippen LogP contribution in [0.4, 0.5) is 0 Å². The lowest BCUT2D eigenvalue weighted by Crippen LogP contribution is -2.36. The fourth-order valence-corrected chi connectivity index (χ4v) is 2.90. The molecule has 0 aliphatic heterocycles. The van der Waals surface area contributed by atoms with Crippen LogP contribution in [-0.4, -0.2) is 42.0 Å². The highest BCUT2D eigenvalue weighted by atomic mass is 32.1. The Balaban J connectivity index is 2.21. The fraction of sp³-hybridized carbons (Fsp3) is 0.353. The Morgan fingerprint density at radius 3 is 2.67 bits per heavy atom. The molecule has 1 heterocycles. The average Bonchev–Trinajstić information content (AvgIpc) is 3.07.